The summed E-state index contributed by atoms with van der Waals surface area (Å²) in [6, 6.07) is 48.2. The van der Waals surface area contributed by atoms with Crippen molar-refractivity contribution in [2.75, 3.05) is 0 Å². The Morgan fingerprint density at radius 1 is 0.316 bits per heavy atom. The molecule has 0 bridgehead atoms. The SMILES string of the molecule is c1ccc(-c2nc(-c3ccccc3)nc(-c3ccc(-c4ccc5ccccc5c4)c4ccccc34)n2)cc1. The molecule has 0 atom stereocenters. The minimum Gasteiger partial charge on any atom is -0.208 e. The quantitative estimate of drug-likeness (QED) is 0.250. The normalized spacial score (nSPS) is 11.2. The van der Waals surface area contributed by atoms with Crippen LogP contribution in [0.2, 0.25) is 0 Å². The lowest BCUT2D eigenvalue weighted by atomic mass is 9.93. The van der Waals surface area contributed by atoms with E-state index in [2.05, 4.69) is 78.9 Å². The van der Waals surface area contributed by atoms with Crippen LogP contribution < -0.4 is 0 Å². The largest absolute Gasteiger partial charge is 0.208 e. The third-order valence-corrected chi connectivity index (χ3v) is 6.92. The molecule has 38 heavy (non-hydrogen) atoms. The van der Waals surface area contributed by atoms with Crippen LogP contribution in [-0.2, 0) is 0 Å². The topological polar surface area (TPSA) is 38.7 Å². The second-order valence-corrected chi connectivity index (χ2v) is 9.31. The highest BCUT2D eigenvalue weighted by Crippen LogP contribution is 2.36. The molecule has 0 fully saturated rings. The van der Waals surface area contributed by atoms with E-state index in [4.69, 9.17) is 15.0 Å². The molecule has 0 aliphatic rings. The number of fused-ring (bicyclic) bond motifs is 2. The third-order valence-electron chi connectivity index (χ3n) is 6.92. The van der Waals surface area contributed by atoms with E-state index >= 15 is 0 Å². The number of hydrogen-bond donors (Lipinski definition) is 0. The van der Waals surface area contributed by atoms with Gasteiger partial charge in [-0.2, -0.15) is 0 Å². The monoisotopic (exact) mass is 485 g/mol. The number of hydrogen-bond acceptors (Lipinski definition) is 3. The Labute approximate surface area is 221 Å². The van der Waals surface area contributed by atoms with Crippen molar-refractivity contribution in [3.8, 4) is 45.3 Å². The van der Waals surface area contributed by atoms with Gasteiger partial charge in [-0.05, 0) is 44.8 Å². The summed E-state index contributed by atoms with van der Waals surface area (Å²) in [5.74, 6) is 1.99. The highest BCUT2D eigenvalue weighted by atomic mass is 15.0. The van der Waals surface area contributed by atoms with Crippen molar-refractivity contribution in [3.63, 3.8) is 0 Å². The van der Waals surface area contributed by atoms with Crippen LogP contribution in [0, 0.1) is 0 Å². The number of nitrogens with zero attached hydrogens (tertiary/aromatic N) is 3. The first kappa shape index (κ1) is 22.1. The molecule has 0 aliphatic carbocycles. The average Bonchev–Trinajstić information content (AvgIpc) is 3.01. The van der Waals surface area contributed by atoms with Crippen LogP contribution in [0.1, 0.15) is 0 Å². The van der Waals surface area contributed by atoms with Gasteiger partial charge in [0.25, 0.3) is 0 Å². The predicted octanol–water partition coefficient (Wildman–Crippen LogP) is 8.85. The van der Waals surface area contributed by atoms with Gasteiger partial charge in [0.15, 0.2) is 17.5 Å². The molecular weight excluding hydrogens is 462 g/mol. The molecule has 6 aromatic carbocycles. The lowest BCUT2D eigenvalue weighted by Gasteiger charge is -2.13. The van der Waals surface area contributed by atoms with Gasteiger partial charge in [0.1, 0.15) is 0 Å². The lowest BCUT2D eigenvalue weighted by Crippen LogP contribution is -2.00. The smallest absolute Gasteiger partial charge is 0.164 e. The van der Waals surface area contributed by atoms with Crippen molar-refractivity contribution in [2.24, 2.45) is 0 Å². The van der Waals surface area contributed by atoms with Gasteiger partial charge in [-0.15, -0.1) is 0 Å². The van der Waals surface area contributed by atoms with E-state index in [1.807, 2.05) is 60.7 Å². The Bertz CT molecular complexity index is 1850. The van der Waals surface area contributed by atoms with Crippen LogP contribution in [-0.4, -0.2) is 15.0 Å². The zero-order chi connectivity index (χ0) is 25.3. The van der Waals surface area contributed by atoms with Crippen LogP contribution in [0.15, 0.2) is 140 Å². The second-order valence-electron chi connectivity index (χ2n) is 9.31. The fourth-order valence-corrected chi connectivity index (χ4v) is 5.03. The Balaban J connectivity index is 1.44. The summed E-state index contributed by atoms with van der Waals surface area (Å²) < 4.78 is 0. The van der Waals surface area contributed by atoms with Crippen LogP contribution >= 0.6 is 0 Å². The van der Waals surface area contributed by atoms with E-state index in [9.17, 15) is 0 Å². The highest BCUT2D eigenvalue weighted by molar-refractivity contribution is 6.05. The van der Waals surface area contributed by atoms with Crippen LogP contribution in [0.4, 0.5) is 0 Å². The van der Waals surface area contributed by atoms with E-state index in [0.29, 0.717) is 17.5 Å². The second kappa shape index (κ2) is 9.38. The van der Waals surface area contributed by atoms with Crippen molar-refractivity contribution < 1.29 is 0 Å². The van der Waals surface area contributed by atoms with Gasteiger partial charge in [-0.3, -0.25) is 0 Å². The van der Waals surface area contributed by atoms with Crippen molar-refractivity contribution in [1.29, 1.82) is 0 Å². The first-order chi connectivity index (χ1) is 18.8. The van der Waals surface area contributed by atoms with Gasteiger partial charge in [-0.1, -0.05) is 127 Å². The molecule has 0 amide bonds. The maximum atomic E-state index is 4.97. The zero-order valence-electron chi connectivity index (χ0n) is 20.6. The van der Waals surface area contributed by atoms with E-state index in [0.717, 1.165) is 22.1 Å². The minimum atomic E-state index is 0.664. The molecule has 1 aromatic heterocycles. The Kier molecular flexibility index (Phi) is 5.45. The first-order valence-corrected chi connectivity index (χ1v) is 12.7. The van der Waals surface area contributed by atoms with Gasteiger partial charge in [0.05, 0.1) is 0 Å². The van der Waals surface area contributed by atoms with Gasteiger partial charge < -0.3 is 0 Å². The molecule has 0 aliphatic heterocycles. The Morgan fingerprint density at radius 2 is 0.816 bits per heavy atom. The van der Waals surface area contributed by atoms with E-state index in [1.54, 1.807) is 0 Å². The summed E-state index contributed by atoms with van der Waals surface area (Å²) >= 11 is 0. The van der Waals surface area contributed by atoms with Crippen molar-refractivity contribution in [3.05, 3.63) is 140 Å². The number of rotatable bonds is 4. The average molecular weight is 486 g/mol. The van der Waals surface area contributed by atoms with Crippen LogP contribution in [0.5, 0.6) is 0 Å². The first-order valence-electron chi connectivity index (χ1n) is 12.7. The minimum absolute atomic E-state index is 0.664. The summed E-state index contributed by atoms with van der Waals surface area (Å²) in [5, 5.41) is 4.76. The van der Waals surface area contributed by atoms with Gasteiger partial charge in [0.2, 0.25) is 0 Å². The number of aromatic nitrogens is 3. The highest BCUT2D eigenvalue weighted by Gasteiger charge is 2.16. The molecule has 7 rings (SSSR count). The molecule has 0 N–H and O–H groups in total. The predicted molar refractivity (Wildman–Crippen MR) is 157 cm³/mol. The molecule has 0 saturated carbocycles. The Hall–Kier alpha value is -5.15. The summed E-state index contributed by atoms with van der Waals surface area (Å²) in [4.78, 5) is 14.8. The molecule has 0 spiro atoms. The maximum absolute atomic E-state index is 4.97. The molecular formula is C35H23N3. The van der Waals surface area contributed by atoms with Crippen molar-refractivity contribution in [2.45, 2.75) is 0 Å². The van der Waals surface area contributed by atoms with Crippen molar-refractivity contribution in [1.82, 2.24) is 15.0 Å². The van der Waals surface area contributed by atoms with Crippen LogP contribution in [0.3, 0.4) is 0 Å². The summed E-state index contributed by atoms with van der Waals surface area (Å²) in [5.41, 5.74) is 5.30. The fraction of sp³-hybridized carbons (Fsp3) is 0. The standard InChI is InChI=1S/C35H23N3/c1-3-12-25(13-4-1)33-36-34(26-14-5-2-6-15-26)38-35(37-33)32-22-21-29(30-17-9-10-18-31(30)32)28-20-19-24-11-7-8-16-27(24)23-28/h1-23H. The molecule has 0 radical (unpaired) electrons. The van der Waals surface area contributed by atoms with E-state index in [-0.39, 0.29) is 0 Å². The summed E-state index contributed by atoms with van der Waals surface area (Å²) in [7, 11) is 0. The summed E-state index contributed by atoms with van der Waals surface area (Å²) in [6.45, 7) is 0. The fourth-order valence-electron chi connectivity index (χ4n) is 5.03. The van der Waals surface area contributed by atoms with Gasteiger partial charge >= 0.3 is 0 Å². The Morgan fingerprint density at radius 3 is 1.47 bits per heavy atom. The molecule has 0 saturated heterocycles. The third kappa shape index (κ3) is 4.00. The van der Waals surface area contributed by atoms with E-state index in [1.165, 1.54) is 27.3 Å². The number of benzene rings is 6. The van der Waals surface area contributed by atoms with Gasteiger partial charge in [-0.25, -0.2) is 15.0 Å². The molecule has 0 unspecified atom stereocenters. The van der Waals surface area contributed by atoms with E-state index < -0.39 is 0 Å². The summed E-state index contributed by atoms with van der Waals surface area (Å²) in [6.07, 6.45) is 0. The maximum Gasteiger partial charge on any atom is 0.164 e. The lowest BCUT2D eigenvalue weighted by molar-refractivity contribution is 1.08. The van der Waals surface area contributed by atoms with Crippen LogP contribution in [0.25, 0.3) is 66.8 Å². The zero-order valence-corrected chi connectivity index (χ0v) is 20.6. The molecule has 178 valence electrons. The van der Waals surface area contributed by atoms with Gasteiger partial charge in [0, 0.05) is 16.7 Å². The molecule has 3 heteroatoms. The molecule has 1 heterocycles. The molecule has 3 nitrogen and oxygen atoms in total. The molecule has 7 aromatic rings. The van der Waals surface area contributed by atoms with Crippen molar-refractivity contribution >= 4 is 21.5 Å².